The van der Waals surface area contributed by atoms with Gasteiger partial charge in [-0.25, -0.2) is 4.98 Å². The maximum absolute atomic E-state index is 13.5. The molecule has 0 radical (unpaired) electrons. The number of fused-ring (bicyclic) bond motifs is 3. The van der Waals surface area contributed by atoms with E-state index >= 15 is 0 Å². The van der Waals surface area contributed by atoms with Gasteiger partial charge < -0.3 is 4.42 Å². The van der Waals surface area contributed by atoms with E-state index < -0.39 is 17.3 Å². The number of rotatable bonds is 3. The molecule has 0 aliphatic rings. The molecule has 0 bridgehead atoms. The Morgan fingerprint density at radius 1 is 1.13 bits per heavy atom. The molecule has 0 unspecified atom stereocenters. The lowest BCUT2D eigenvalue weighted by Gasteiger charge is -2.14. The van der Waals surface area contributed by atoms with Crippen molar-refractivity contribution in [1.82, 2.24) is 29.8 Å². The summed E-state index contributed by atoms with van der Waals surface area (Å²) in [6, 6.07) is 10.3. The number of aromatic nitrogens is 6. The number of halogens is 4. The van der Waals surface area contributed by atoms with E-state index in [2.05, 4.69) is 20.5 Å². The summed E-state index contributed by atoms with van der Waals surface area (Å²) in [5.41, 5.74) is -0.906. The van der Waals surface area contributed by atoms with Crippen molar-refractivity contribution in [3.05, 3.63) is 75.6 Å². The number of hydrogen-bond donors (Lipinski definition) is 0. The Labute approximate surface area is 175 Å². The van der Waals surface area contributed by atoms with Gasteiger partial charge in [-0.1, -0.05) is 23.7 Å². The zero-order chi connectivity index (χ0) is 21.8. The summed E-state index contributed by atoms with van der Waals surface area (Å²) in [6.07, 6.45) is -3.41. The van der Waals surface area contributed by atoms with Gasteiger partial charge in [-0.15, -0.1) is 5.10 Å². The highest BCUT2D eigenvalue weighted by Crippen LogP contribution is 2.35. The monoisotopic (exact) mass is 446 g/mol. The SMILES string of the molecule is O=c1c2oc3ccccc3c2ncn1Cc1nnnn1-c1ccc(Cl)cc1C(F)(F)F. The molecule has 5 rings (SSSR count). The van der Waals surface area contributed by atoms with Gasteiger partial charge in [0, 0.05) is 10.4 Å². The smallest absolute Gasteiger partial charge is 0.418 e. The van der Waals surface area contributed by atoms with Gasteiger partial charge in [-0.2, -0.15) is 17.9 Å². The quantitative estimate of drug-likeness (QED) is 0.418. The number of benzene rings is 2. The molecule has 0 fully saturated rings. The summed E-state index contributed by atoms with van der Waals surface area (Å²) >= 11 is 5.74. The van der Waals surface area contributed by atoms with Crippen molar-refractivity contribution in [2.45, 2.75) is 12.7 Å². The summed E-state index contributed by atoms with van der Waals surface area (Å²) in [7, 11) is 0. The molecule has 3 aromatic heterocycles. The zero-order valence-corrected chi connectivity index (χ0v) is 16.1. The molecule has 0 N–H and O–H groups in total. The highest BCUT2D eigenvalue weighted by Gasteiger charge is 2.35. The van der Waals surface area contributed by atoms with Crippen molar-refractivity contribution < 1.29 is 17.6 Å². The molecule has 0 spiro atoms. The average Bonchev–Trinajstić information content (AvgIpc) is 3.34. The zero-order valence-electron chi connectivity index (χ0n) is 15.3. The van der Waals surface area contributed by atoms with Crippen LogP contribution < -0.4 is 5.56 Å². The maximum Gasteiger partial charge on any atom is 0.418 e. The van der Waals surface area contributed by atoms with E-state index in [0.717, 1.165) is 21.4 Å². The van der Waals surface area contributed by atoms with Gasteiger partial charge in [-0.05, 0) is 40.8 Å². The summed E-state index contributed by atoms with van der Waals surface area (Å²) in [5.74, 6) is -0.00724. The predicted molar refractivity (Wildman–Crippen MR) is 104 cm³/mol. The van der Waals surface area contributed by atoms with E-state index in [0.29, 0.717) is 16.5 Å². The first-order chi connectivity index (χ1) is 14.8. The van der Waals surface area contributed by atoms with Gasteiger partial charge in [-0.3, -0.25) is 9.36 Å². The third-order valence-corrected chi connectivity index (χ3v) is 4.92. The normalized spacial score (nSPS) is 12.1. The van der Waals surface area contributed by atoms with Crippen molar-refractivity contribution in [2.24, 2.45) is 0 Å². The first-order valence-electron chi connectivity index (χ1n) is 8.84. The van der Waals surface area contributed by atoms with Crippen LogP contribution in [0.5, 0.6) is 0 Å². The van der Waals surface area contributed by atoms with Crippen LogP contribution in [-0.4, -0.2) is 29.8 Å². The first-order valence-corrected chi connectivity index (χ1v) is 9.22. The Kier molecular flexibility index (Phi) is 4.29. The molecule has 8 nitrogen and oxygen atoms in total. The molecule has 3 heterocycles. The Morgan fingerprint density at radius 3 is 2.74 bits per heavy atom. The minimum Gasteiger partial charge on any atom is -0.448 e. The van der Waals surface area contributed by atoms with Crippen LogP contribution in [0.2, 0.25) is 5.02 Å². The number of tetrazole rings is 1. The molecular weight excluding hydrogens is 437 g/mol. The van der Waals surface area contributed by atoms with Gasteiger partial charge in [0.25, 0.3) is 5.56 Å². The van der Waals surface area contributed by atoms with Gasteiger partial charge in [0.1, 0.15) is 11.1 Å². The molecule has 0 atom stereocenters. The summed E-state index contributed by atoms with van der Waals surface area (Å²) in [4.78, 5) is 17.2. The van der Waals surface area contributed by atoms with E-state index in [1.165, 1.54) is 12.4 Å². The molecule has 0 saturated carbocycles. The highest BCUT2D eigenvalue weighted by molar-refractivity contribution is 6.30. The first kappa shape index (κ1) is 19.2. The van der Waals surface area contributed by atoms with E-state index in [4.69, 9.17) is 16.0 Å². The standard InChI is InChI=1S/C19H10ClF3N6O2/c20-10-5-6-13(12(7-10)19(21,22)23)29-15(25-26-27-29)8-28-9-24-16-11-3-1-2-4-14(11)31-17(16)18(28)30/h1-7,9H,8H2. The topological polar surface area (TPSA) is 91.6 Å². The lowest BCUT2D eigenvalue weighted by Crippen LogP contribution is -2.23. The van der Waals surface area contributed by atoms with Crippen LogP contribution >= 0.6 is 11.6 Å². The van der Waals surface area contributed by atoms with Crippen molar-refractivity contribution >= 4 is 33.7 Å². The fourth-order valence-electron chi connectivity index (χ4n) is 3.29. The molecule has 0 aliphatic heterocycles. The highest BCUT2D eigenvalue weighted by atomic mass is 35.5. The molecule has 5 aromatic rings. The van der Waals surface area contributed by atoms with Crippen LogP contribution in [0, 0.1) is 0 Å². The number of hydrogen-bond acceptors (Lipinski definition) is 6. The van der Waals surface area contributed by atoms with E-state index in [1.54, 1.807) is 24.3 Å². The van der Waals surface area contributed by atoms with Gasteiger partial charge >= 0.3 is 6.18 Å². The molecule has 0 aliphatic carbocycles. The second-order valence-corrected chi connectivity index (χ2v) is 7.06. The number of furan rings is 1. The molecule has 2 aromatic carbocycles. The third-order valence-electron chi connectivity index (χ3n) is 4.69. The molecule has 0 saturated heterocycles. The minimum atomic E-state index is -4.69. The number of para-hydroxylation sites is 1. The summed E-state index contributed by atoms with van der Waals surface area (Å²) in [5, 5.41) is 11.5. The Balaban J connectivity index is 1.61. The lowest BCUT2D eigenvalue weighted by molar-refractivity contribution is -0.137. The lowest BCUT2D eigenvalue weighted by atomic mass is 10.1. The Bertz CT molecular complexity index is 1500. The van der Waals surface area contributed by atoms with Crippen molar-refractivity contribution in [1.29, 1.82) is 0 Å². The average molecular weight is 447 g/mol. The van der Waals surface area contributed by atoms with E-state index in [-0.39, 0.29) is 28.7 Å². The second-order valence-electron chi connectivity index (χ2n) is 6.62. The van der Waals surface area contributed by atoms with Crippen LogP contribution in [0.3, 0.4) is 0 Å². The summed E-state index contributed by atoms with van der Waals surface area (Å²) < 4.78 is 48.2. The van der Waals surface area contributed by atoms with Gasteiger partial charge in [0.05, 0.1) is 24.1 Å². The van der Waals surface area contributed by atoms with Crippen LogP contribution in [0.25, 0.3) is 27.8 Å². The minimum absolute atomic E-state index is 0.00724. The molecule has 156 valence electrons. The molecular formula is C19H10ClF3N6O2. The van der Waals surface area contributed by atoms with Crippen LogP contribution in [0.1, 0.15) is 11.4 Å². The number of nitrogens with zero attached hydrogens (tertiary/aromatic N) is 6. The molecule has 12 heteroatoms. The third kappa shape index (κ3) is 3.22. The van der Waals surface area contributed by atoms with Crippen molar-refractivity contribution in [2.75, 3.05) is 0 Å². The largest absolute Gasteiger partial charge is 0.448 e. The molecule has 31 heavy (non-hydrogen) atoms. The Morgan fingerprint density at radius 2 is 1.94 bits per heavy atom. The van der Waals surface area contributed by atoms with Crippen LogP contribution in [0.15, 0.2) is 58.0 Å². The summed E-state index contributed by atoms with van der Waals surface area (Å²) in [6.45, 7) is -0.230. The van der Waals surface area contributed by atoms with Crippen LogP contribution in [0.4, 0.5) is 13.2 Å². The predicted octanol–water partition coefficient (Wildman–Crippen LogP) is 3.84. The van der Waals surface area contributed by atoms with Crippen molar-refractivity contribution in [3.8, 4) is 5.69 Å². The van der Waals surface area contributed by atoms with Gasteiger partial charge in [0.15, 0.2) is 5.82 Å². The number of alkyl halides is 3. The van der Waals surface area contributed by atoms with Crippen molar-refractivity contribution in [3.63, 3.8) is 0 Å². The van der Waals surface area contributed by atoms with Gasteiger partial charge in [0.2, 0.25) is 5.58 Å². The Hall–Kier alpha value is -3.73. The fraction of sp³-hybridized carbons (Fsp3) is 0.105. The van der Waals surface area contributed by atoms with E-state index in [1.807, 2.05) is 0 Å². The van der Waals surface area contributed by atoms with E-state index in [9.17, 15) is 18.0 Å². The molecule has 0 amide bonds. The van der Waals surface area contributed by atoms with Crippen LogP contribution in [-0.2, 0) is 12.7 Å². The maximum atomic E-state index is 13.5. The fourth-order valence-corrected chi connectivity index (χ4v) is 3.46. The second kappa shape index (κ2) is 6.91.